The van der Waals surface area contributed by atoms with Crippen molar-refractivity contribution in [2.24, 2.45) is 0 Å². The summed E-state index contributed by atoms with van der Waals surface area (Å²) < 4.78 is 6.74. The maximum absolute atomic E-state index is 12.6. The number of morpholine rings is 1. The van der Waals surface area contributed by atoms with Gasteiger partial charge in [0.1, 0.15) is 10.7 Å². The molecule has 0 amide bonds. The van der Waals surface area contributed by atoms with Crippen LogP contribution in [0.2, 0.25) is 5.15 Å². The SMILES string of the molecule is C[C@@H](CO)n1cnc2c(N3CCOCC3)nc(Cl)cc2c1=O. The van der Waals surface area contributed by atoms with Crippen molar-refractivity contribution >= 4 is 28.3 Å². The number of aliphatic hydroxyl groups is 1. The summed E-state index contributed by atoms with van der Waals surface area (Å²) in [5, 5.41) is 9.91. The highest BCUT2D eigenvalue weighted by Gasteiger charge is 2.19. The minimum absolute atomic E-state index is 0.137. The molecule has 3 heterocycles. The van der Waals surface area contributed by atoms with Crippen molar-refractivity contribution in [2.75, 3.05) is 37.8 Å². The quantitative estimate of drug-likeness (QED) is 0.843. The molecule has 2 aromatic heterocycles. The van der Waals surface area contributed by atoms with Crippen molar-refractivity contribution in [3.63, 3.8) is 0 Å². The average molecular weight is 325 g/mol. The third kappa shape index (κ3) is 2.67. The first-order chi connectivity index (χ1) is 10.6. The number of rotatable bonds is 3. The average Bonchev–Trinajstić information content (AvgIpc) is 2.55. The standard InChI is InChI=1S/C14H17ClN4O3/c1-9(7-20)19-8-16-12-10(14(19)21)6-11(15)17-13(12)18-2-4-22-5-3-18/h6,8-9,20H,2-5,7H2,1H3/t9-/m0/s1. The number of ether oxygens (including phenoxy) is 1. The van der Waals surface area contributed by atoms with Gasteiger partial charge in [0.25, 0.3) is 5.56 Å². The molecule has 3 rings (SSSR count). The highest BCUT2D eigenvalue weighted by atomic mass is 35.5. The fourth-order valence-electron chi connectivity index (χ4n) is 2.49. The molecule has 0 aliphatic carbocycles. The lowest BCUT2D eigenvalue weighted by atomic mass is 10.2. The largest absolute Gasteiger partial charge is 0.394 e. The number of pyridine rings is 1. The molecule has 1 aliphatic rings. The van der Waals surface area contributed by atoms with Gasteiger partial charge in [-0.05, 0) is 13.0 Å². The molecule has 2 aromatic rings. The first-order valence-corrected chi connectivity index (χ1v) is 7.50. The van der Waals surface area contributed by atoms with Gasteiger partial charge in [-0.2, -0.15) is 0 Å². The van der Waals surface area contributed by atoms with Crippen molar-refractivity contribution in [3.8, 4) is 0 Å². The van der Waals surface area contributed by atoms with Gasteiger partial charge in [0.15, 0.2) is 5.82 Å². The Hall–Kier alpha value is -1.70. The first kappa shape index (κ1) is 15.2. The van der Waals surface area contributed by atoms with Gasteiger partial charge in [-0.15, -0.1) is 0 Å². The summed E-state index contributed by atoms with van der Waals surface area (Å²) in [5.74, 6) is 0.603. The molecule has 0 bridgehead atoms. The minimum atomic E-state index is -0.344. The number of aliphatic hydroxyl groups excluding tert-OH is 1. The van der Waals surface area contributed by atoms with E-state index < -0.39 is 0 Å². The van der Waals surface area contributed by atoms with Crippen LogP contribution in [-0.4, -0.2) is 52.6 Å². The zero-order chi connectivity index (χ0) is 15.7. The Labute approximate surface area is 132 Å². The Bertz CT molecular complexity index is 743. The molecule has 1 aliphatic heterocycles. The number of halogens is 1. The van der Waals surface area contributed by atoms with Crippen LogP contribution in [0.25, 0.3) is 10.9 Å². The summed E-state index contributed by atoms with van der Waals surface area (Å²) in [6.45, 7) is 4.19. The molecule has 22 heavy (non-hydrogen) atoms. The molecule has 118 valence electrons. The van der Waals surface area contributed by atoms with Crippen LogP contribution in [0.4, 0.5) is 5.82 Å². The lowest BCUT2D eigenvalue weighted by Crippen LogP contribution is -2.37. The van der Waals surface area contributed by atoms with E-state index in [0.29, 0.717) is 43.0 Å². The molecule has 0 radical (unpaired) electrons. The fraction of sp³-hybridized carbons (Fsp3) is 0.500. The van der Waals surface area contributed by atoms with E-state index in [0.717, 1.165) is 0 Å². The van der Waals surface area contributed by atoms with Crippen LogP contribution in [0.1, 0.15) is 13.0 Å². The van der Waals surface area contributed by atoms with E-state index in [4.69, 9.17) is 16.3 Å². The number of nitrogens with zero attached hydrogens (tertiary/aromatic N) is 4. The first-order valence-electron chi connectivity index (χ1n) is 7.12. The predicted molar refractivity (Wildman–Crippen MR) is 83.6 cm³/mol. The summed E-state index contributed by atoms with van der Waals surface area (Å²) in [5.41, 5.74) is 0.294. The van der Waals surface area contributed by atoms with Gasteiger partial charge in [-0.1, -0.05) is 11.6 Å². The third-order valence-corrected chi connectivity index (χ3v) is 3.96. The van der Waals surface area contributed by atoms with E-state index in [9.17, 15) is 9.90 Å². The Morgan fingerprint density at radius 1 is 1.45 bits per heavy atom. The highest BCUT2D eigenvalue weighted by Crippen LogP contribution is 2.25. The summed E-state index contributed by atoms with van der Waals surface area (Å²) in [6, 6.07) is 1.18. The van der Waals surface area contributed by atoms with E-state index in [2.05, 4.69) is 9.97 Å². The zero-order valence-electron chi connectivity index (χ0n) is 12.2. The van der Waals surface area contributed by atoms with Gasteiger partial charge >= 0.3 is 0 Å². The second-order valence-corrected chi connectivity index (χ2v) is 5.64. The molecule has 1 N–H and O–H groups in total. The molecule has 7 nitrogen and oxygen atoms in total. The van der Waals surface area contributed by atoms with Crippen molar-refractivity contribution in [2.45, 2.75) is 13.0 Å². The van der Waals surface area contributed by atoms with Crippen molar-refractivity contribution in [1.82, 2.24) is 14.5 Å². The van der Waals surface area contributed by atoms with Gasteiger partial charge in [0.05, 0.1) is 37.6 Å². The second-order valence-electron chi connectivity index (χ2n) is 5.25. The molecule has 0 aromatic carbocycles. The van der Waals surface area contributed by atoms with E-state index in [1.807, 2.05) is 4.90 Å². The van der Waals surface area contributed by atoms with Crippen molar-refractivity contribution < 1.29 is 9.84 Å². The van der Waals surface area contributed by atoms with Crippen LogP contribution in [0.5, 0.6) is 0 Å². The predicted octanol–water partition coefficient (Wildman–Crippen LogP) is 0.835. The molecule has 1 atom stereocenters. The monoisotopic (exact) mass is 324 g/mol. The molecule has 1 fully saturated rings. The number of anilines is 1. The molecular formula is C14H17ClN4O3. The molecule has 0 unspecified atom stereocenters. The Morgan fingerprint density at radius 3 is 2.86 bits per heavy atom. The van der Waals surface area contributed by atoms with Crippen molar-refractivity contribution in [1.29, 1.82) is 0 Å². The smallest absolute Gasteiger partial charge is 0.261 e. The van der Waals surface area contributed by atoms with E-state index >= 15 is 0 Å². The van der Waals surface area contributed by atoms with E-state index in [-0.39, 0.29) is 23.4 Å². The van der Waals surface area contributed by atoms with Gasteiger partial charge < -0.3 is 14.7 Å². The summed E-state index contributed by atoms with van der Waals surface area (Å²) in [7, 11) is 0. The van der Waals surface area contributed by atoms with Gasteiger partial charge in [-0.3, -0.25) is 9.36 Å². The fourth-order valence-corrected chi connectivity index (χ4v) is 2.68. The second kappa shape index (κ2) is 6.20. The number of fused-ring (bicyclic) bond motifs is 1. The Morgan fingerprint density at radius 2 is 2.18 bits per heavy atom. The topological polar surface area (TPSA) is 80.5 Å². The summed E-state index contributed by atoms with van der Waals surface area (Å²) in [4.78, 5) is 23.3. The van der Waals surface area contributed by atoms with E-state index in [1.165, 1.54) is 17.0 Å². The molecule has 0 spiro atoms. The normalized spacial score (nSPS) is 17.0. The van der Waals surface area contributed by atoms with Crippen LogP contribution in [0, 0.1) is 0 Å². The maximum Gasteiger partial charge on any atom is 0.261 e. The van der Waals surface area contributed by atoms with Crippen LogP contribution in [-0.2, 0) is 4.74 Å². The Kier molecular flexibility index (Phi) is 4.28. The summed E-state index contributed by atoms with van der Waals surface area (Å²) >= 11 is 6.09. The zero-order valence-corrected chi connectivity index (χ0v) is 13.0. The van der Waals surface area contributed by atoms with Crippen LogP contribution >= 0.6 is 11.6 Å². The van der Waals surface area contributed by atoms with Gasteiger partial charge in [0.2, 0.25) is 0 Å². The van der Waals surface area contributed by atoms with Gasteiger partial charge in [-0.25, -0.2) is 9.97 Å². The number of hydrogen-bond donors (Lipinski definition) is 1. The molecule has 1 saturated heterocycles. The summed E-state index contributed by atoms with van der Waals surface area (Å²) in [6.07, 6.45) is 1.45. The maximum atomic E-state index is 12.6. The van der Waals surface area contributed by atoms with Gasteiger partial charge in [0, 0.05) is 13.1 Å². The number of aromatic nitrogens is 3. The third-order valence-electron chi connectivity index (χ3n) is 3.77. The van der Waals surface area contributed by atoms with E-state index in [1.54, 1.807) is 6.92 Å². The van der Waals surface area contributed by atoms with Crippen molar-refractivity contribution in [3.05, 3.63) is 27.9 Å². The molecule has 0 saturated carbocycles. The molecule has 8 heteroatoms. The number of hydrogen-bond acceptors (Lipinski definition) is 6. The van der Waals surface area contributed by atoms with Crippen LogP contribution < -0.4 is 10.5 Å². The highest BCUT2D eigenvalue weighted by molar-refractivity contribution is 6.30. The van der Waals surface area contributed by atoms with Crippen LogP contribution in [0.3, 0.4) is 0 Å². The lowest BCUT2D eigenvalue weighted by Gasteiger charge is -2.28. The molecular weight excluding hydrogens is 308 g/mol. The lowest BCUT2D eigenvalue weighted by molar-refractivity contribution is 0.122. The van der Waals surface area contributed by atoms with Crippen LogP contribution in [0.15, 0.2) is 17.2 Å². The Balaban J connectivity index is 2.18. The minimum Gasteiger partial charge on any atom is -0.394 e.